The molecule has 0 heterocycles. The molecule has 21 heavy (non-hydrogen) atoms. The highest BCUT2D eigenvalue weighted by molar-refractivity contribution is 6.30. The van der Waals surface area contributed by atoms with Crippen molar-refractivity contribution in [3.63, 3.8) is 0 Å². The fourth-order valence-electron chi connectivity index (χ4n) is 2.74. The van der Waals surface area contributed by atoms with Gasteiger partial charge in [0.1, 0.15) is 0 Å². The largest absolute Gasteiger partial charge is 0.479 e. The summed E-state index contributed by atoms with van der Waals surface area (Å²) in [6.07, 6.45) is 2.50. The number of rotatable bonds is 1. The van der Waals surface area contributed by atoms with Gasteiger partial charge in [0.25, 0.3) is 0 Å². The van der Waals surface area contributed by atoms with Crippen molar-refractivity contribution in [1.29, 1.82) is 0 Å². The molecule has 0 aliphatic heterocycles. The van der Waals surface area contributed by atoms with E-state index in [4.69, 9.17) is 11.5 Å². The van der Waals surface area contributed by atoms with Crippen LogP contribution in [0.2, 0.25) is 0 Å². The van der Waals surface area contributed by atoms with Gasteiger partial charge in [0.05, 0.1) is 6.04 Å². The molecule has 5 N–H and O–H groups in total. The van der Waals surface area contributed by atoms with Gasteiger partial charge in [-0.1, -0.05) is 36.4 Å². The van der Waals surface area contributed by atoms with E-state index in [-0.39, 0.29) is 22.3 Å². The molecule has 1 aromatic carbocycles. The lowest BCUT2D eigenvalue weighted by atomic mass is 9.70. The number of carbonyl (C=O) groups excluding carboxylic acids is 2. The van der Waals surface area contributed by atoms with Crippen molar-refractivity contribution in [1.82, 2.24) is 0 Å². The third-order valence-corrected chi connectivity index (χ3v) is 3.82. The molecule has 106 valence electrons. The van der Waals surface area contributed by atoms with Crippen LogP contribution < -0.4 is 11.5 Å². The van der Waals surface area contributed by atoms with Crippen LogP contribution in [0.25, 0.3) is 0 Å². The van der Waals surface area contributed by atoms with E-state index in [1.165, 1.54) is 18.2 Å². The lowest BCUT2D eigenvalue weighted by Crippen LogP contribution is -2.55. The van der Waals surface area contributed by atoms with Gasteiger partial charge in [-0.2, -0.15) is 0 Å². The number of hydrogen-bond acceptors (Lipinski definition) is 5. The van der Waals surface area contributed by atoms with Gasteiger partial charge in [-0.05, 0) is 0 Å². The van der Waals surface area contributed by atoms with Crippen molar-refractivity contribution in [2.45, 2.75) is 11.6 Å². The molecule has 6 heteroatoms. The second-order valence-electron chi connectivity index (χ2n) is 5.05. The summed E-state index contributed by atoms with van der Waals surface area (Å²) >= 11 is 0. The van der Waals surface area contributed by atoms with Gasteiger partial charge in [0, 0.05) is 22.3 Å². The maximum absolute atomic E-state index is 12.6. The van der Waals surface area contributed by atoms with Crippen molar-refractivity contribution in [3.05, 3.63) is 58.7 Å². The number of carbonyl (C=O) groups is 3. The van der Waals surface area contributed by atoms with E-state index in [2.05, 4.69) is 0 Å². The standard InChI is InChI=1S/C15H12N2O4/c16-9-5-6-15(17,14(20)21)11-10(9)12(18)7-3-1-2-4-8(7)13(11)19/h1-6,9H,16-17H2,(H,20,21). The minimum Gasteiger partial charge on any atom is -0.479 e. The lowest BCUT2D eigenvalue weighted by Gasteiger charge is -2.34. The second kappa shape index (κ2) is 4.21. The smallest absolute Gasteiger partial charge is 0.332 e. The summed E-state index contributed by atoms with van der Waals surface area (Å²) < 4.78 is 0. The topological polar surface area (TPSA) is 123 Å². The minimum atomic E-state index is -2.04. The molecule has 0 saturated carbocycles. The molecule has 0 bridgehead atoms. The molecule has 3 rings (SSSR count). The number of carboxylic acids is 1. The monoisotopic (exact) mass is 284 g/mol. The summed E-state index contributed by atoms with van der Waals surface area (Å²) in [6.45, 7) is 0. The second-order valence-corrected chi connectivity index (χ2v) is 5.05. The molecule has 1 aromatic rings. The highest BCUT2D eigenvalue weighted by atomic mass is 16.4. The van der Waals surface area contributed by atoms with E-state index in [0.29, 0.717) is 0 Å². The van der Waals surface area contributed by atoms with Crippen molar-refractivity contribution in [2.24, 2.45) is 11.5 Å². The van der Waals surface area contributed by atoms with E-state index in [1.807, 2.05) is 0 Å². The Bertz CT molecular complexity index is 763. The molecule has 0 aromatic heterocycles. The maximum atomic E-state index is 12.6. The van der Waals surface area contributed by atoms with Gasteiger partial charge in [-0.25, -0.2) is 4.79 Å². The van der Waals surface area contributed by atoms with Crippen LogP contribution in [0.3, 0.4) is 0 Å². The molecule has 2 unspecified atom stereocenters. The van der Waals surface area contributed by atoms with Crippen molar-refractivity contribution >= 4 is 17.5 Å². The first-order valence-corrected chi connectivity index (χ1v) is 6.28. The predicted octanol–water partition coefficient (Wildman–Crippen LogP) is 0.0414. The third kappa shape index (κ3) is 1.63. The number of hydrogen-bond donors (Lipinski definition) is 3. The first kappa shape index (κ1) is 13.4. The van der Waals surface area contributed by atoms with Crippen molar-refractivity contribution in [2.75, 3.05) is 0 Å². The molecule has 2 aliphatic carbocycles. The molecule has 6 nitrogen and oxygen atoms in total. The molecule has 0 amide bonds. The molecular formula is C15H12N2O4. The van der Waals surface area contributed by atoms with Crippen LogP contribution in [0.4, 0.5) is 0 Å². The van der Waals surface area contributed by atoms with Gasteiger partial charge in [0.2, 0.25) is 0 Å². The number of ketones is 2. The fourth-order valence-corrected chi connectivity index (χ4v) is 2.74. The number of aliphatic carboxylic acids is 1. The Kier molecular flexibility index (Phi) is 2.69. The molecule has 2 atom stereocenters. The molecule has 0 fully saturated rings. The van der Waals surface area contributed by atoms with Gasteiger partial charge in [0.15, 0.2) is 17.1 Å². The maximum Gasteiger partial charge on any atom is 0.332 e. The Morgan fingerprint density at radius 1 is 1.14 bits per heavy atom. The molecule has 0 spiro atoms. The number of benzene rings is 1. The van der Waals surface area contributed by atoms with Crippen molar-refractivity contribution in [3.8, 4) is 0 Å². The summed E-state index contributed by atoms with van der Waals surface area (Å²) in [6, 6.07) is 5.38. The van der Waals surface area contributed by atoms with E-state index in [9.17, 15) is 19.5 Å². The predicted molar refractivity (Wildman–Crippen MR) is 73.8 cm³/mol. The highest BCUT2D eigenvalue weighted by Crippen LogP contribution is 2.36. The Morgan fingerprint density at radius 3 is 2.29 bits per heavy atom. The Hall–Kier alpha value is -2.57. The molecule has 0 saturated heterocycles. The third-order valence-electron chi connectivity index (χ3n) is 3.82. The Balaban J connectivity index is 2.33. The molecular weight excluding hydrogens is 272 g/mol. The fraction of sp³-hybridized carbons (Fsp3) is 0.133. The summed E-state index contributed by atoms with van der Waals surface area (Å²) in [4.78, 5) is 36.7. The zero-order valence-corrected chi connectivity index (χ0v) is 10.9. The SMILES string of the molecule is NC1C=CC(N)(C(=O)O)C2=C1C(=O)c1ccccc1C2=O. The van der Waals surface area contributed by atoms with E-state index in [0.717, 1.165) is 6.08 Å². The number of carboxylic acid groups (broad SMARTS) is 1. The van der Waals surface area contributed by atoms with E-state index >= 15 is 0 Å². The zero-order valence-electron chi connectivity index (χ0n) is 10.9. The normalized spacial score (nSPS) is 27.4. The Labute approximate surface area is 119 Å². The van der Waals surface area contributed by atoms with Crippen LogP contribution in [0.1, 0.15) is 20.7 Å². The number of nitrogens with two attached hydrogens (primary N) is 2. The molecule has 0 radical (unpaired) electrons. The first-order chi connectivity index (χ1) is 9.88. The van der Waals surface area contributed by atoms with E-state index < -0.39 is 29.1 Å². The highest BCUT2D eigenvalue weighted by Gasteiger charge is 2.49. The number of Topliss-reactive ketones (excluding diaryl/α,β-unsaturated/α-hetero) is 2. The Morgan fingerprint density at radius 2 is 1.71 bits per heavy atom. The summed E-state index contributed by atoms with van der Waals surface area (Å²) in [5.74, 6) is -2.42. The van der Waals surface area contributed by atoms with E-state index in [1.54, 1.807) is 12.1 Å². The van der Waals surface area contributed by atoms with Crippen LogP contribution in [0, 0.1) is 0 Å². The van der Waals surface area contributed by atoms with Crippen LogP contribution in [0.15, 0.2) is 47.6 Å². The zero-order chi connectivity index (χ0) is 15.4. The van der Waals surface area contributed by atoms with Gasteiger partial charge in [-0.15, -0.1) is 0 Å². The van der Waals surface area contributed by atoms with Crippen LogP contribution in [-0.4, -0.2) is 34.2 Å². The molecule has 2 aliphatic rings. The van der Waals surface area contributed by atoms with Gasteiger partial charge >= 0.3 is 5.97 Å². The average Bonchev–Trinajstić information content (AvgIpc) is 2.47. The minimum absolute atomic E-state index is 0.0360. The lowest BCUT2D eigenvalue weighted by molar-refractivity contribution is -0.140. The first-order valence-electron chi connectivity index (χ1n) is 6.28. The quantitative estimate of drug-likeness (QED) is 0.626. The van der Waals surface area contributed by atoms with Crippen LogP contribution in [0.5, 0.6) is 0 Å². The summed E-state index contributed by atoms with van der Waals surface area (Å²) in [5.41, 5.74) is 9.77. The van der Waals surface area contributed by atoms with Crippen LogP contribution >= 0.6 is 0 Å². The summed E-state index contributed by atoms with van der Waals surface area (Å²) in [7, 11) is 0. The summed E-state index contributed by atoms with van der Waals surface area (Å²) in [5, 5.41) is 9.36. The van der Waals surface area contributed by atoms with Crippen LogP contribution in [-0.2, 0) is 4.79 Å². The van der Waals surface area contributed by atoms with Crippen molar-refractivity contribution < 1.29 is 19.5 Å². The average molecular weight is 284 g/mol. The van der Waals surface area contributed by atoms with Gasteiger partial charge in [-0.3, -0.25) is 9.59 Å². The van der Waals surface area contributed by atoms with Gasteiger partial charge < -0.3 is 16.6 Å². The number of fused-ring (bicyclic) bond motifs is 1.